The molecule has 0 atom stereocenters. The Hall–Kier alpha value is -2.04. The van der Waals surface area contributed by atoms with Gasteiger partial charge in [-0.05, 0) is 23.1 Å². The topological polar surface area (TPSA) is 101 Å². The van der Waals surface area contributed by atoms with Gasteiger partial charge in [-0.25, -0.2) is 9.59 Å². The van der Waals surface area contributed by atoms with Crippen LogP contribution in [0, 0.1) is 0 Å². The molecule has 0 bridgehead atoms. The third-order valence-corrected chi connectivity index (χ3v) is 1.94. The van der Waals surface area contributed by atoms with Crippen molar-refractivity contribution in [2.24, 2.45) is 0 Å². The monoisotopic (exact) mass is 239 g/mol. The average molecular weight is 239 g/mol. The summed E-state index contributed by atoms with van der Waals surface area (Å²) in [7, 11) is 0. The van der Waals surface area contributed by atoms with Crippen LogP contribution in [0.15, 0.2) is 24.3 Å². The maximum Gasteiger partial charge on any atom is 0.414 e. The molecule has 5 nitrogen and oxygen atoms in total. The summed E-state index contributed by atoms with van der Waals surface area (Å²) in [5.74, 6) is -3.65. The summed E-state index contributed by atoms with van der Waals surface area (Å²) >= 11 is 0. The van der Waals surface area contributed by atoms with Crippen LogP contribution in [-0.2, 0) is 15.0 Å². The zero-order valence-corrected chi connectivity index (χ0v) is 10.1. The van der Waals surface area contributed by atoms with Gasteiger partial charge in [0.1, 0.15) is 0 Å². The minimum Gasteiger partial charge on any atom is -0.473 e. The predicted octanol–water partition coefficient (Wildman–Crippen LogP) is 1.72. The standard InChI is InChI=1S/C10H15N.C2H2O4/c1-10(2,3)8-5-4-6-9(11)7-8;3-1(4)2(5)6/h4-7H,11H2,1-3H3;(H,3,4)(H,5,6). The first-order valence-electron chi connectivity index (χ1n) is 4.97. The lowest BCUT2D eigenvalue weighted by atomic mass is 9.87. The molecule has 0 unspecified atom stereocenters. The summed E-state index contributed by atoms with van der Waals surface area (Å²) in [6.07, 6.45) is 0. The zero-order chi connectivity index (χ0) is 13.6. The molecule has 0 radical (unpaired) electrons. The van der Waals surface area contributed by atoms with Gasteiger partial charge in [-0.3, -0.25) is 0 Å². The van der Waals surface area contributed by atoms with E-state index in [1.54, 1.807) is 0 Å². The highest BCUT2D eigenvalue weighted by molar-refractivity contribution is 6.27. The molecule has 0 aliphatic carbocycles. The first kappa shape index (κ1) is 15.0. The molecule has 0 aliphatic heterocycles. The summed E-state index contributed by atoms with van der Waals surface area (Å²) in [5.41, 5.74) is 7.99. The summed E-state index contributed by atoms with van der Waals surface area (Å²) < 4.78 is 0. The molecular formula is C12H17NO4. The number of anilines is 1. The van der Waals surface area contributed by atoms with Crippen molar-refractivity contribution in [3.05, 3.63) is 29.8 Å². The van der Waals surface area contributed by atoms with E-state index in [0.717, 1.165) is 5.69 Å². The highest BCUT2D eigenvalue weighted by Crippen LogP contribution is 2.23. The van der Waals surface area contributed by atoms with Crippen LogP contribution in [0.25, 0.3) is 0 Å². The van der Waals surface area contributed by atoms with Crippen LogP contribution in [0.1, 0.15) is 26.3 Å². The molecule has 0 aromatic heterocycles. The van der Waals surface area contributed by atoms with Crippen molar-refractivity contribution in [3.8, 4) is 0 Å². The Morgan fingerprint density at radius 1 is 1.12 bits per heavy atom. The number of nitrogen functional groups attached to an aromatic ring is 1. The van der Waals surface area contributed by atoms with Gasteiger partial charge in [0.15, 0.2) is 0 Å². The molecule has 17 heavy (non-hydrogen) atoms. The number of carboxylic acids is 2. The summed E-state index contributed by atoms with van der Waals surface area (Å²) in [4.78, 5) is 18.2. The van der Waals surface area contributed by atoms with Crippen molar-refractivity contribution in [3.63, 3.8) is 0 Å². The number of nitrogens with two attached hydrogens (primary N) is 1. The Morgan fingerprint density at radius 3 is 1.82 bits per heavy atom. The molecule has 5 heteroatoms. The lowest BCUT2D eigenvalue weighted by Crippen LogP contribution is -2.10. The van der Waals surface area contributed by atoms with E-state index < -0.39 is 11.9 Å². The maximum absolute atomic E-state index is 9.10. The number of carbonyl (C=O) groups is 2. The van der Waals surface area contributed by atoms with Crippen LogP contribution in [-0.4, -0.2) is 22.2 Å². The maximum atomic E-state index is 9.10. The third kappa shape index (κ3) is 6.19. The number of rotatable bonds is 0. The number of benzene rings is 1. The first-order valence-corrected chi connectivity index (χ1v) is 4.97. The normalized spacial score (nSPS) is 10.1. The molecule has 0 heterocycles. The van der Waals surface area contributed by atoms with E-state index in [4.69, 9.17) is 25.5 Å². The number of hydrogen-bond donors (Lipinski definition) is 3. The molecule has 0 saturated heterocycles. The second-order valence-corrected chi connectivity index (χ2v) is 4.49. The minimum absolute atomic E-state index is 0.204. The van der Waals surface area contributed by atoms with Crippen molar-refractivity contribution in [1.29, 1.82) is 0 Å². The Kier molecular flexibility index (Phi) is 5.18. The van der Waals surface area contributed by atoms with Gasteiger partial charge in [0, 0.05) is 5.69 Å². The third-order valence-electron chi connectivity index (χ3n) is 1.94. The molecule has 1 aromatic rings. The van der Waals surface area contributed by atoms with Gasteiger partial charge in [0.2, 0.25) is 0 Å². The van der Waals surface area contributed by atoms with Crippen LogP contribution < -0.4 is 5.73 Å². The lowest BCUT2D eigenvalue weighted by molar-refractivity contribution is -0.159. The first-order chi connectivity index (χ1) is 7.64. The Bertz CT molecular complexity index is 395. The van der Waals surface area contributed by atoms with Crippen LogP contribution in [0.5, 0.6) is 0 Å². The van der Waals surface area contributed by atoms with Crippen LogP contribution in [0.2, 0.25) is 0 Å². The predicted molar refractivity (Wildman–Crippen MR) is 64.8 cm³/mol. The number of hydrogen-bond acceptors (Lipinski definition) is 3. The summed E-state index contributed by atoms with van der Waals surface area (Å²) in [6.45, 7) is 6.55. The Labute approximate surface area is 99.9 Å². The Balaban J connectivity index is 0.000000366. The molecule has 0 spiro atoms. The van der Waals surface area contributed by atoms with E-state index in [1.165, 1.54) is 5.56 Å². The molecule has 0 aliphatic rings. The second kappa shape index (κ2) is 5.89. The highest BCUT2D eigenvalue weighted by atomic mass is 16.4. The SMILES string of the molecule is CC(C)(C)c1cccc(N)c1.O=C(O)C(=O)O. The van der Waals surface area contributed by atoms with Crippen molar-refractivity contribution < 1.29 is 19.8 Å². The summed E-state index contributed by atoms with van der Waals surface area (Å²) in [6, 6.07) is 8.04. The van der Waals surface area contributed by atoms with Gasteiger partial charge in [-0.1, -0.05) is 32.9 Å². The molecule has 94 valence electrons. The van der Waals surface area contributed by atoms with Crippen LogP contribution in [0.3, 0.4) is 0 Å². The van der Waals surface area contributed by atoms with Crippen LogP contribution >= 0.6 is 0 Å². The molecule has 0 amide bonds. The lowest BCUT2D eigenvalue weighted by Gasteiger charge is -2.18. The molecule has 1 aromatic carbocycles. The number of carboxylic acid groups (broad SMARTS) is 2. The van der Waals surface area contributed by atoms with Crippen LogP contribution in [0.4, 0.5) is 5.69 Å². The van der Waals surface area contributed by atoms with Crippen molar-refractivity contribution >= 4 is 17.6 Å². The smallest absolute Gasteiger partial charge is 0.414 e. The highest BCUT2D eigenvalue weighted by Gasteiger charge is 2.12. The molecule has 4 N–H and O–H groups in total. The fraction of sp³-hybridized carbons (Fsp3) is 0.333. The number of aliphatic carboxylic acids is 2. The largest absolute Gasteiger partial charge is 0.473 e. The van der Waals surface area contributed by atoms with E-state index in [9.17, 15) is 0 Å². The van der Waals surface area contributed by atoms with Crippen molar-refractivity contribution in [2.45, 2.75) is 26.2 Å². The van der Waals surface area contributed by atoms with E-state index in [2.05, 4.69) is 26.8 Å². The van der Waals surface area contributed by atoms with Gasteiger partial charge in [-0.2, -0.15) is 0 Å². The molecule has 1 rings (SSSR count). The van der Waals surface area contributed by atoms with Gasteiger partial charge in [0.05, 0.1) is 0 Å². The van der Waals surface area contributed by atoms with Crippen molar-refractivity contribution in [1.82, 2.24) is 0 Å². The Morgan fingerprint density at radius 2 is 1.59 bits per heavy atom. The fourth-order valence-electron chi connectivity index (χ4n) is 1.01. The molecule has 0 fully saturated rings. The quantitative estimate of drug-likeness (QED) is 0.472. The van der Waals surface area contributed by atoms with Gasteiger partial charge in [0.25, 0.3) is 0 Å². The van der Waals surface area contributed by atoms with Gasteiger partial charge < -0.3 is 15.9 Å². The molecular weight excluding hydrogens is 222 g/mol. The molecule has 0 saturated carbocycles. The van der Waals surface area contributed by atoms with Gasteiger partial charge in [-0.15, -0.1) is 0 Å². The van der Waals surface area contributed by atoms with E-state index in [-0.39, 0.29) is 5.41 Å². The summed E-state index contributed by atoms with van der Waals surface area (Å²) in [5, 5.41) is 14.8. The van der Waals surface area contributed by atoms with E-state index >= 15 is 0 Å². The van der Waals surface area contributed by atoms with E-state index in [1.807, 2.05) is 18.2 Å². The fourth-order valence-corrected chi connectivity index (χ4v) is 1.01. The zero-order valence-electron chi connectivity index (χ0n) is 10.1. The van der Waals surface area contributed by atoms with Crippen molar-refractivity contribution in [2.75, 3.05) is 5.73 Å². The minimum atomic E-state index is -1.82. The van der Waals surface area contributed by atoms with Gasteiger partial charge >= 0.3 is 11.9 Å². The second-order valence-electron chi connectivity index (χ2n) is 4.49. The van der Waals surface area contributed by atoms with E-state index in [0.29, 0.717) is 0 Å². The average Bonchev–Trinajstić information content (AvgIpc) is 2.17.